The van der Waals surface area contributed by atoms with Crippen molar-refractivity contribution in [1.29, 1.82) is 0 Å². The molecule has 0 aromatic carbocycles. The summed E-state index contributed by atoms with van der Waals surface area (Å²) in [6.07, 6.45) is 3.44. The lowest BCUT2D eigenvalue weighted by molar-refractivity contribution is 0.390. The number of sulfonamides is 1. The van der Waals surface area contributed by atoms with Gasteiger partial charge in [-0.15, -0.1) is 0 Å². The van der Waals surface area contributed by atoms with E-state index in [2.05, 4.69) is 30.3 Å². The molecule has 3 heterocycles. The monoisotopic (exact) mass is 377 g/mol. The molecule has 26 heavy (non-hydrogen) atoms. The molecule has 11 heteroatoms. The smallest absolute Gasteiger partial charge is 0.246 e. The fourth-order valence-corrected chi connectivity index (χ4v) is 3.83. The van der Waals surface area contributed by atoms with Crippen molar-refractivity contribution in [2.24, 2.45) is 0 Å². The summed E-state index contributed by atoms with van der Waals surface area (Å²) in [6.45, 7) is 5.44. The maximum Gasteiger partial charge on any atom is 0.246 e. The lowest BCUT2D eigenvalue weighted by Gasteiger charge is -2.10. The fraction of sp³-hybridized carbons (Fsp3) is 0.333. The highest BCUT2D eigenvalue weighted by Crippen LogP contribution is 2.18. The third kappa shape index (κ3) is 3.89. The molecule has 0 radical (unpaired) electrons. The molecule has 3 rings (SSSR count). The van der Waals surface area contributed by atoms with Crippen LogP contribution >= 0.6 is 0 Å². The van der Waals surface area contributed by atoms with Crippen molar-refractivity contribution in [2.45, 2.75) is 25.7 Å². The number of hydrogen-bond acceptors (Lipinski definition) is 8. The molecular weight excluding hydrogens is 358 g/mol. The molecule has 0 unspecified atom stereocenters. The van der Waals surface area contributed by atoms with Crippen molar-refractivity contribution in [1.82, 2.24) is 29.6 Å². The van der Waals surface area contributed by atoms with Crippen molar-refractivity contribution in [3.05, 3.63) is 41.8 Å². The summed E-state index contributed by atoms with van der Waals surface area (Å²) >= 11 is 0. The fourth-order valence-electron chi connectivity index (χ4n) is 2.47. The SMILES string of the molecule is Cc1nc(NCCNS(=O)(=O)c2c(C)noc2C)cc(-n2cccn2)n1. The number of rotatable bonds is 7. The molecular formula is C15H19N7O3S. The maximum atomic E-state index is 12.3. The van der Waals surface area contributed by atoms with Crippen LogP contribution in [0.2, 0.25) is 0 Å². The molecule has 0 spiro atoms. The highest BCUT2D eigenvalue weighted by molar-refractivity contribution is 7.89. The van der Waals surface area contributed by atoms with Gasteiger partial charge in [0.15, 0.2) is 11.6 Å². The number of nitrogens with one attached hydrogen (secondary N) is 2. The van der Waals surface area contributed by atoms with Crippen LogP contribution in [0.15, 0.2) is 33.9 Å². The number of nitrogens with zero attached hydrogens (tertiary/aromatic N) is 5. The average molecular weight is 377 g/mol. The summed E-state index contributed by atoms with van der Waals surface area (Å²) in [5, 5.41) is 10.9. The first kappa shape index (κ1) is 18.0. The van der Waals surface area contributed by atoms with Gasteiger partial charge < -0.3 is 9.84 Å². The van der Waals surface area contributed by atoms with Crippen LogP contribution in [0.3, 0.4) is 0 Å². The molecule has 0 aliphatic carbocycles. The van der Waals surface area contributed by atoms with Gasteiger partial charge >= 0.3 is 0 Å². The Morgan fingerprint density at radius 1 is 1.19 bits per heavy atom. The molecule has 0 aliphatic rings. The molecule has 3 aromatic rings. The Morgan fingerprint density at radius 2 is 2.00 bits per heavy atom. The molecule has 2 N–H and O–H groups in total. The van der Waals surface area contributed by atoms with Crippen molar-refractivity contribution in [3.63, 3.8) is 0 Å². The van der Waals surface area contributed by atoms with Crippen LogP contribution in [0.4, 0.5) is 5.82 Å². The molecule has 0 amide bonds. The Bertz CT molecular complexity index is 977. The van der Waals surface area contributed by atoms with Crippen LogP contribution in [0, 0.1) is 20.8 Å². The van der Waals surface area contributed by atoms with Crippen molar-refractivity contribution >= 4 is 15.8 Å². The second-order valence-corrected chi connectivity index (χ2v) is 7.29. The maximum absolute atomic E-state index is 12.3. The van der Waals surface area contributed by atoms with Crippen LogP contribution in [-0.4, -0.2) is 46.4 Å². The molecule has 0 fully saturated rings. The molecule has 0 bridgehead atoms. The van der Waals surface area contributed by atoms with E-state index in [0.717, 1.165) is 0 Å². The Hall–Kier alpha value is -2.79. The minimum atomic E-state index is -3.68. The van der Waals surface area contributed by atoms with Crippen LogP contribution in [-0.2, 0) is 10.0 Å². The normalized spacial score (nSPS) is 11.7. The van der Waals surface area contributed by atoms with Gasteiger partial charge in [-0.3, -0.25) is 0 Å². The Morgan fingerprint density at radius 3 is 2.65 bits per heavy atom. The molecule has 0 aliphatic heterocycles. The summed E-state index contributed by atoms with van der Waals surface area (Å²) < 4.78 is 33.7. The molecule has 3 aromatic heterocycles. The van der Waals surface area contributed by atoms with E-state index < -0.39 is 10.0 Å². The molecule has 0 atom stereocenters. The number of anilines is 1. The van der Waals surface area contributed by atoms with Crippen LogP contribution < -0.4 is 10.0 Å². The van der Waals surface area contributed by atoms with E-state index >= 15 is 0 Å². The van der Waals surface area contributed by atoms with Crippen molar-refractivity contribution < 1.29 is 12.9 Å². The van der Waals surface area contributed by atoms with E-state index in [9.17, 15) is 8.42 Å². The third-order valence-electron chi connectivity index (χ3n) is 3.52. The Kier molecular flexibility index (Phi) is 5.00. The van der Waals surface area contributed by atoms with E-state index in [1.807, 2.05) is 0 Å². The minimum absolute atomic E-state index is 0.0800. The van der Waals surface area contributed by atoms with Crippen LogP contribution in [0.1, 0.15) is 17.3 Å². The van der Waals surface area contributed by atoms with Gasteiger partial charge in [0, 0.05) is 31.5 Å². The first-order chi connectivity index (χ1) is 12.4. The second-order valence-electron chi connectivity index (χ2n) is 5.59. The summed E-state index contributed by atoms with van der Waals surface area (Å²) in [7, 11) is -3.68. The molecule has 0 saturated carbocycles. The van der Waals surface area contributed by atoms with Crippen LogP contribution in [0.25, 0.3) is 5.82 Å². The minimum Gasteiger partial charge on any atom is -0.369 e. The van der Waals surface area contributed by atoms with Crippen LogP contribution in [0.5, 0.6) is 0 Å². The van der Waals surface area contributed by atoms with Crippen molar-refractivity contribution in [3.8, 4) is 5.82 Å². The van der Waals surface area contributed by atoms with E-state index in [0.29, 0.717) is 29.7 Å². The predicted molar refractivity (Wildman–Crippen MR) is 93.5 cm³/mol. The van der Waals surface area contributed by atoms with Gasteiger partial charge in [0.05, 0.1) is 0 Å². The highest BCUT2D eigenvalue weighted by Gasteiger charge is 2.23. The van der Waals surface area contributed by atoms with Gasteiger partial charge in [-0.2, -0.15) is 5.10 Å². The Labute approximate surface area is 150 Å². The lowest BCUT2D eigenvalue weighted by atomic mass is 10.4. The topological polar surface area (TPSA) is 128 Å². The first-order valence-electron chi connectivity index (χ1n) is 7.89. The van der Waals surface area contributed by atoms with Gasteiger partial charge in [0.1, 0.15) is 22.2 Å². The highest BCUT2D eigenvalue weighted by atomic mass is 32.2. The number of aryl methyl sites for hydroxylation is 3. The van der Waals surface area contributed by atoms with Gasteiger partial charge in [0.2, 0.25) is 10.0 Å². The predicted octanol–water partition coefficient (Wildman–Crippen LogP) is 0.966. The van der Waals surface area contributed by atoms with Gasteiger partial charge in [-0.25, -0.2) is 27.8 Å². The third-order valence-corrected chi connectivity index (χ3v) is 5.23. The lowest BCUT2D eigenvalue weighted by Crippen LogP contribution is -2.29. The van der Waals surface area contributed by atoms with Crippen molar-refractivity contribution in [2.75, 3.05) is 18.4 Å². The summed E-state index contributed by atoms with van der Waals surface area (Å²) in [5.74, 6) is 2.05. The molecule has 0 saturated heterocycles. The number of aromatic nitrogens is 5. The first-order valence-corrected chi connectivity index (χ1v) is 9.37. The molecule has 10 nitrogen and oxygen atoms in total. The zero-order valence-electron chi connectivity index (χ0n) is 14.6. The average Bonchev–Trinajstić information content (AvgIpc) is 3.21. The van der Waals surface area contributed by atoms with Gasteiger partial charge in [-0.1, -0.05) is 5.16 Å². The second kappa shape index (κ2) is 7.22. The number of hydrogen-bond donors (Lipinski definition) is 2. The summed E-state index contributed by atoms with van der Waals surface area (Å²) in [4.78, 5) is 8.69. The molecule has 138 valence electrons. The summed E-state index contributed by atoms with van der Waals surface area (Å²) in [5.41, 5.74) is 0.332. The van der Waals surface area contributed by atoms with Gasteiger partial charge in [0.25, 0.3) is 0 Å². The standard InChI is InChI=1S/C15H19N7O3S/c1-10-15(11(2)25-21-10)26(23,24)18-7-6-16-13-9-14(20-12(3)19-13)22-8-4-5-17-22/h4-5,8-9,18H,6-7H2,1-3H3,(H,16,19,20). The quantitative estimate of drug-likeness (QED) is 0.583. The van der Waals surface area contributed by atoms with E-state index in [4.69, 9.17) is 4.52 Å². The van der Waals surface area contributed by atoms with E-state index in [1.165, 1.54) is 0 Å². The zero-order chi connectivity index (χ0) is 18.7. The Balaban J connectivity index is 1.62. The summed E-state index contributed by atoms with van der Waals surface area (Å²) in [6, 6.07) is 3.54. The largest absolute Gasteiger partial charge is 0.369 e. The van der Waals surface area contributed by atoms with E-state index in [-0.39, 0.29) is 17.2 Å². The van der Waals surface area contributed by atoms with E-state index in [1.54, 1.807) is 50.0 Å². The zero-order valence-corrected chi connectivity index (χ0v) is 15.4. The van der Waals surface area contributed by atoms with Gasteiger partial charge in [-0.05, 0) is 26.8 Å².